The monoisotopic (exact) mass is 451 g/mol. The maximum Gasteiger partial charge on any atom is 0.342 e. The van der Waals surface area contributed by atoms with Gasteiger partial charge in [0.25, 0.3) is 5.91 Å². The third-order valence-corrected chi connectivity index (χ3v) is 5.38. The highest BCUT2D eigenvalue weighted by Crippen LogP contribution is 2.26. The molecule has 0 radical (unpaired) electrons. The number of para-hydroxylation sites is 2. The molecule has 0 saturated carbocycles. The molecule has 0 heterocycles. The van der Waals surface area contributed by atoms with Crippen molar-refractivity contribution in [3.8, 4) is 5.75 Å². The van der Waals surface area contributed by atoms with Crippen molar-refractivity contribution >= 4 is 29.2 Å². The summed E-state index contributed by atoms with van der Waals surface area (Å²) in [4.78, 5) is 25.0. The van der Waals surface area contributed by atoms with Crippen LogP contribution in [0.5, 0.6) is 5.75 Å². The Hall–Kier alpha value is -3.31. The standard InChI is InChI=1S/C26H26ClNO4/c1-3-18(2)21-8-4-6-10-23(21)28-25(29)17-32-26(30)22-9-5-7-11-24(22)31-16-19-12-14-20(27)15-13-19/h4-15,18H,3,16-17H2,1-2H3,(H,28,29)/t18-/m1/s1. The second-order valence-corrected chi connectivity index (χ2v) is 7.87. The van der Waals surface area contributed by atoms with Gasteiger partial charge in [-0.25, -0.2) is 4.79 Å². The van der Waals surface area contributed by atoms with Crippen LogP contribution in [-0.4, -0.2) is 18.5 Å². The first-order valence-corrected chi connectivity index (χ1v) is 10.9. The number of benzene rings is 3. The molecule has 5 nitrogen and oxygen atoms in total. The van der Waals surface area contributed by atoms with Crippen molar-refractivity contribution in [1.82, 2.24) is 0 Å². The zero-order valence-corrected chi connectivity index (χ0v) is 18.9. The minimum Gasteiger partial charge on any atom is -0.488 e. The Morgan fingerprint density at radius 3 is 2.41 bits per heavy atom. The third-order valence-electron chi connectivity index (χ3n) is 5.13. The lowest BCUT2D eigenvalue weighted by atomic mass is 9.97. The number of carbonyl (C=O) groups is 2. The average molecular weight is 452 g/mol. The van der Waals surface area contributed by atoms with Gasteiger partial charge in [0.1, 0.15) is 17.9 Å². The van der Waals surface area contributed by atoms with E-state index in [-0.39, 0.29) is 18.8 Å². The van der Waals surface area contributed by atoms with Crippen LogP contribution in [0, 0.1) is 0 Å². The van der Waals surface area contributed by atoms with Gasteiger partial charge in [-0.05, 0) is 53.8 Å². The predicted octanol–water partition coefficient (Wildman–Crippen LogP) is 6.23. The van der Waals surface area contributed by atoms with E-state index in [4.69, 9.17) is 21.1 Å². The smallest absolute Gasteiger partial charge is 0.342 e. The van der Waals surface area contributed by atoms with Crippen molar-refractivity contribution < 1.29 is 19.1 Å². The first kappa shape index (κ1) is 23.4. The van der Waals surface area contributed by atoms with Gasteiger partial charge in [0, 0.05) is 10.7 Å². The maximum absolute atomic E-state index is 12.6. The molecule has 0 fully saturated rings. The topological polar surface area (TPSA) is 64.6 Å². The Bertz CT molecular complexity index is 1070. The minimum absolute atomic E-state index is 0.259. The summed E-state index contributed by atoms with van der Waals surface area (Å²) < 4.78 is 11.0. The van der Waals surface area contributed by atoms with E-state index in [1.54, 1.807) is 36.4 Å². The number of nitrogens with one attached hydrogen (secondary N) is 1. The first-order chi connectivity index (χ1) is 15.5. The number of hydrogen-bond donors (Lipinski definition) is 1. The quantitative estimate of drug-likeness (QED) is 0.392. The molecule has 0 aliphatic rings. The van der Waals surface area contributed by atoms with Gasteiger partial charge in [-0.2, -0.15) is 0 Å². The number of ether oxygens (including phenoxy) is 2. The van der Waals surface area contributed by atoms with Crippen LogP contribution in [-0.2, 0) is 16.1 Å². The highest BCUT2D eigenvalue weighted by molar-refractivity contribution is 6.30. The van der Waals surface area contributed by atoms with E-state index in [1.165, 1.54) is 0 Å². The van der Waals surface area contributed by atoms with Gasteiger partial charge in [-0.15, -0.1) is 0 Å². The first-order valence-electron chi connectivity index (χ1n) is 10.5. The van der Waals surface area contributed by atoms with Crippen LogP contribution in [0.3, 0.4) is 0 Å². The zero-order valence-electron chi connectivity index (χ0n) is 18.1. The van der Waals surface area contributed by atoms with Gasteiger partial charge in [0.05, 0.1) is 0 Å². The SMILES string of the molecule is CC[C@@H](C)c1ccccc1NC(=O)COC(=O)c1ccccc1OCc1ccc(Cl)cc1. The molecule has 0 aromatic heterocycles. The van der Waals surface area contributed by atoms with Gasteiger partial charge < -0.3 is 14.8 Å². The number of halogens is 1. The summed E-state index contributed by atoms with van der Waals surface area (Å²) in [5.74, 6) is -0.329. The van der Waals surface area contributed by atoms with E-state index in [2.05, 4.69) is 19.2 Å². The third kappa shape index (κ3) is 6.34. The second-order valence-electron chi connectivity index (χ2n) is 7.43. The molecule has 166 valence electrons. The van der Waals surface area contributed by atoms with Crippen molar-refractivity contribution in [3.05, 3.63) is 94.5 Å². The molecule has 1 N–H and O–H groups in total. The van der Waals surface area contributed by atoms with Crippen LogP contribution in [0.4, 0.5) is 5.69 Å². The zero-order chi connectivity index (χ0) is 22.9. The number of carbonyl (C=O) groups excluding carboxylic acids is 2. The lowest BCUT2D eigenvalue weighted by molar-refractivity contribution is -0.119. The van der Waals surface area contributed by atoms with E-state index in [1.807, 2.05) is 36.4 Å². The Morgan fingerprint density at radius 1 is 0.969 bits per heavy atom. The average Bonchev–Trinajstić information content (AvgIpc) is 2.82. The molecule has 3 rings (SSSR count). The van der Waals surface area contributed by atoms with Crippen LogP contribution >= 0.6 is 11.6 Å². The normalized spacial score (nSPS) is 11.5. The molecule has 6 heteroatoms. The molecule has 0 saturated heterocycles. The van der Waals surface area contributed by atoms with E-state index in [0.717, 1.165) is 23.2 Å². The van der Waals surface area contributed by atoms with Gasteiger partial charge in [-0.3, -0.25) is 4.79 Å². The molecule has 32 heavy (non-hydrogen) atoms. The van der Waals surface area contributed by atoms with Crippen LogP contribution in [0.25, 0.3) is 0 Å². The summed E-state index contributed by atoms with van der Waals surface area (Å²) in [5.41, 5.74) is 2.96. The van der Waals surface area contributed by atoms with Gasteiger partial charge in [-0.1, -0.05) is 67.9 Å². The number of esters is 1. The van der Waals surface area contributed by atoms with Crippen molar-refractivity contribution in [2.75, 3.05) is 11.9 Å². The number of anilines is 1. The van der Waals surface area contributed by atoms with Crippen molar-refractivity contribution in [1.29, 1.82) is 0 Å². The Labute approximate surface area is 193 Å². The Morgan fingerprint density at radius 2 is 1.66 bits per heavy atom. The van der Waals surface area contributed by atoms with Gasteiger partial charge in [0.2, 0.25) is 0 Å². The van der Waals surface area contributed by atoms with Crippen LogP contribution in [0.15, 0.2) is 72.8 Å². The van der Waals surface area contributed by atoms with Crippen LogP contribution in [0.1, 0.15) is 47.7 Å². The highest BCUT2D eigenvalue weighted by atomic mass is 35.5. The van der Waals surface area contributed by atoms with Crippen LogP contribution < -0.4 is 10.1 Å². The minimum atomic E-state index is -0.623. The van der Waals surface area contributed by atoms with E-state index < -0.39 is 11.9 Å². The summed E-state index contributed by atoms with van der Waals surface area (Å²) in [6.45, 7) is 4.08. The fraction of sp³-hybridized carbons (Fsp3) is 0.231. The predicted molar refractivity (Wildman–Crippen MR) is 126 cm³/mol. The summed E-state index contributed by atoms with van der Waals surface area (Å²) >= 11 is 5.90. The summed E-state index contributed by atoms with van der Waals surface area (Å²) in [6.07, 6.45) is 0.953. The van der Waals surface area contributed by atoms with Crippen molar-refractivity contribution in [3.63, 3.8) is 0 Å². The fourth-order valence-corrected chi connectivity index (χ4v) is 3.28. The Kier molecular flexibility index (Phi) is 8.28. The second kappa shape index (κ2) is 11.3. The van der Waals surface area contributed by atoms with Crippen LogP contribution in [0.2, 0.25) is 5.02 Å². The lowest BCUT2D eigenvalue weighted by Gasteiger charge is -2.16. The molecule has 0 aliphatic carbocycles. The summed E-state index contributed by atoms with van der Waals surface area (Å²) in [6, 6.07) is 21.7. The van der Waals surface area contributed by atoms with E-state index >= 15 is 0 Å². The number of amides is 1. The van der Waals surface area contributed by atoms with Crippen molar-refractivity contribution in [2.24, 2.45) is 0 Å². The number of rotatable bonds is 9. The number of hydrogen-bond acceptors (Lipinski definition) is 4. The van der Waals surface area contributed by atoms with Crippen molar-refractivity contribution in [2.45, 2.75) is 32.8 Å². The van der Waals surface area contributed by atoms with Gasteiger partial charge in [0.15, 0.2) is 6.61 Å². The maximum atomic E-state index is 12.6. The molecule has 0 spiro atoms. The summed E-state index contributed by atoms with van der Waals surface area (Å²) in [7, 11) is 0. The van der Waals surface area contributed by atoms with E-state index in [9.17, 15) is 9.59 Å². The molecule has 3 aromatic carbocycles. The van der Waals surface area contributed by atoms with E-state index in [0.29, 0.717) is 16.7 Å². The Balaban J connectivity index is 1.59. The molecular weight excluding hydrogens is 426 g/mol. The molecule has 3 aromatic rings. The largest absolute Gasteiger partial charge is 0.488 e. The molecule has 0 unspecified atom stereocenters. The summed E-state index contributed by atoms with van der Waals surface area (Å²) in [5, 5.41) is 3.48. The molecular formula is C26H26ClNO4. The fourth-order valence-electron chi connectivity index (χ4n) is 3.16. The van der Waals surface area contributed by atoms with Gasteiger partial charge >= 0.3 is 5.97 Å². The molecule has 1 amide bonds. The highest BCUT2D eigenvalue weighted by Gasteiger charge is 2.17. The molecule has 1 atom stereocenters. The molecule has 0 bridgehead atoms. The molecule has 0 aliphatic heterocycles. The lowest BCUT2D eigenvalue weighted by Crippen LogP contribution is -2.22.